The molecule has 5 aromatic carbocycles. The number of benzene rings is 5. The summed E-state index contributed by atoms with van der Waals surface area (Å²) in [5.74, 6) is 0. The first-order valence-electron chi connectivity index (χ1n) is 11.7. The van der Waals surface area contributed by atoms with Gasteiger partial charge in [-0.05, 0) is 87.0 Å². The van der Waals surface area contributed by atoms with E-state index in [4.69, 9.17) is 0 Å². The molecule has 1 aliphatic rings. The van der Waals surface area contributed by atoms with Crippen LogP contribution in [0.2, 0.25) is 0 Å². The van der Waals surface area contributed by atoms with E-state index in [-0.39, 0.29) is 0 Å². The monoisotopic (exact) mass is 422 g/mol. The minimum absolute atomic E-state index is 0.947. The molecule has 0 bridgehead atoms. The van der Waals surface area contributed by atoms with Crippen molar-refractivity contribution in [3.8, 4) is 33.4 Å². The van der Waals surface area contributed by atoms with Gasteiger partial charge in [-0.1, -0.05) is 109 Å². The van der Waals surface area contributed by atoms with Crippen molar-refractivity contribution in [3.63, 3.8) is 0 Å². The van der Waals surface area contributed by atoms with E-state index < -0.39 is 0 Å². The molecule has 0 aliphatic heterocycles. The van der Waals surface area contributed by atoms with Crippen LogP contribution in [0.25, 0.3) is 33.4 Å². The average molecular weight is 423 g/mol. The van der Waals surface area contributed by atoms with Crippen LogP contribution in [0.3, 0.4) is 0 Å². The molecule has 33 heavy (non-hydrogen) atoms. The lowest BCUT2D eigenvalue weighted by Crippen LogP contribution is -1.94. The molecule has 0 nitrogen and oxygen atoms in total. The third-order valence-electron chi connectivity index (χ3n) is 6.90. The van der Waals surface area contributed by atoms with Crippen molar-refractivity contribution in [2.24, 2.45) is 0 Å². The van der Waals surface area contributed by atoms with E-state index in [2.05, 4.69) is 122 Å². The Hall–Kier alpha value is -3.90. The Morgan fingerprint density at radius 1 is 0.515 bits per heavy atom. The van der Waals surface area contributed by atoms with Gasteiger partial charge in [-0.2, -0.15) is 0 Å². The van der Waals surface area contributed by atoms with Gasteiger partial charge < -0.3 is 0 Å². The second-order valence-corrected chi connectivity index (χ2v) is 9.06. The number of rotatable bonds is 4. The molecule has 0 radical (unpaired) electrons. The molecule has 0 saturated carbocycles. The molecule has 0 atom stereocenters. The summed E-state index contributed by atoms with van der Waals surface area (Å²) in [6, 6.07) is 42.2. The zero-order chi connectivity index (χ0) is 22.2. The molecule has 0 heterocycles. The van der Waals surface area contributed by atoms with E-state index in [0.29, 0.717) is 0 Å². The highest BCUT2D eigenvalue weighted by Gasteiger charge is 2.18. The molecule has 158 valence electrons. The van der Waals surface area contributed by atoms with Gasteiger partial charge in [0.05, 0.1) is 0 Å². The summed E-state index contributed by atoms with van der Waals surface area (Å²) in [7, 11) is 0. The van der Waals surface area contributed by atoms with Gasteiger partial charge >= 0.3 is 0 Å². The van der Waals surface area contributed by atoms with Crippen LogP contribution in [-0.4, -0.2) is 0 Å². The standard InChI is InChI=1S/C33H26/c1-23-19-25(26-15-16-29-21-28-12-6-8-14-32(28)33(29)22-26)17-18-30(23)31-13-7-5-11-27(31)20-24-9-3-2-4-10-24/h2-19,22H,20-21H2,1H3. The summed E-state index contributed by atoms with van der Waals surface area (Å²) in [6.45, 7) is 2.24. The summed E-state index contributed by atoms with van der Waals surface area (Å²) in [5, 5.41) is 0. The SMILES string of the molecule is Cc1cc(-c2ccc3c(c2)-c2ccccc2C3)ccc1-c1ccccc1Cc1ccccc1. The van der Waals surface area contributed by atoms with Crippen molar-refractivity contribution in [2.75, 3.05) is 0 Å². The van der Waals surface area contributed by atoms with Crippen LogP contribution in [0.1, 0.15) is 27.8 Å². The Bertz CT molecular complexity index is 1460. The fourth-order valence-electron chi connectivity index (χ4n) is 5.20. The van der Waals surface area contributed by atoms with Crippen LogP contribution in [0.4, 0.5) is 0 Å². The molecule has 1 aliphatic carbocycles. The van der Waals surface area contributed by atoms with Crippen LogP contribution in [0.5, 0.6) is 0 Å². The van der Waals surface area contributed by atoms with E-state index >= 15 is 0 Å². The van der Waals surface area contributed by atoms with Gasteiger partial charge in [-0.25, -0.2) is 0 Å². The van der Waals surface area contributed by atoms with Gasteiger partial charge in [0.25, 0.3) is 0 Å². The summed E-state index contributed by atoms with van der Waals surface area (Å²) in [4.78, 5) is 0. The highest BCUT2D eigenvalue weighted by Crippen LogP contribution is 2.39. The second kappa shape index (κ2) is 8.22. The number of aryl methyl sites for hydroxylation is 1. The van der Waals surface area contributed by atoms with Crippen LogP contribution < -0.4 is 0 Å². The summed E-state index contributed by atoms with van der Waals surface area (Å²) in [6.07, 6.45) is 1.99. The molecule has 0 fully saturated rings. The first-order chi connectivity index (χ1) is 16.3. The minimum atomic E-state index is 0.947. The van der Waals surface area contributed by atoms with Gasteiger partial charge in [-0.3, -0.25) is 0 Å². The van der Waals surface area contributed by atoms with Gasteiger partial charge in [0.1, 0.15) is 0 Å². The molecule has 0 heteroatoms. The van der Waals surface area contributed by atoms with Gasteiger partial charge in [0, 0.05) is 0 Å². The van der Waals surface area contributed by atoms with Gasteiger partial charge in [-0.15, -0.1) is 0 Å². The summed E-state index contributed by atoms with van der Waals surface area (Å²) < 4.78 is 0. The number of fused-ring (bicyclic) bond motifs is 3. The topological polar surface area (TPSA) is 0 Å². The predicted molar refractivity (Wildman–Crippen MR) is 140 cm³/mol. The number of hydrogen-bond donors (Lipinski definition) is 0. The molecular weight excluding hydrogens is 396 g/mol. The largest absolute Gasteiger partial charge is 0.0622 e. The third-order valence-corrected chi connectivity index (χ3v) is 6.90. The van der Waals surface area contributed by atoms with Crippen molar-refractivity contribution in [3.05, 3.63) is 143 Å². The summed E-state index contributed by atoms with van der Waals surface area (Å²) >= 11 is 0. The van der Waals surface area contributed by atoms with Crippen molar-refractivity contribution in [1.82, 2.24) is 0 Å². The van der Waals surface area contributed by atoms with Crippen molar-refractivity contribution < 1.29 is 0 Å². The predicted octanol–water partition coefficient (Wildman–Crippen LogP) is 8.49. The van der Waals surface area contributed by atoms with E-state index in [1.54, 1.807) is 0 Å². The first-order valence-corrected chi connectivity index (χ1v) is 11.7. The van der Waals surface area contributed by atoms with E-state index in [0.717, 1.165) is 12.8 Å². The van der Waals surface area contributed by atoms with Crippen LogP contribution in [0, 0.1) is 6.92 Å². The maximum Gasteiger partial charge on any atom is -0.00134 e. The lowest BCUT2D eigenvalue weighted by Gasteiger charge is -2.14. The lowest BCUT2D eigenvalue weighted by molar-refractivity contribution is 1.19. The molecule has 0 spiro atoms. The molecule has 6 rings (SSSR count). The zero-order valence-corrected chi connectivity index (χ0v) is 18.9. The Labute approximate surface area is 196 Å². The molecule has 5 aromatic rings. The minimum Gasteiger partial charge on any atom is -0.0622 e. The molecule has 0 N–H and O–H groups in total. The Morgan fingerprint density at radius 2 is 1.18 bits per heavy atom. The van der Waals surface area contributed by atoms with Crippen LogP contribution in [0.15, 0.2) is 115 Å². The maximum absolute atomic E-state index is 2.37. The highest BCUT2D eigenvalue weighted by molar-refractivity contribution is 5.82. The maximum atomic E-state index is 2.37. The Balaban J connectivity index is 1.36. The van der Waals surface area contributed by atoms with Crippen LogP contribution in [-0.2, 0) is 12.8 Å². The third kappa shape index (κ3) is 3.68. The Morgan fingerprint density at radius 3 is 2.03 bits per heavy atom. The molecule has 0 aromatic heterocycles. The van der Waals surface area contributed by atoms with Gasteiger partial charge in [0.2, 0.25) is 0 Å². The smallest absolute Gasteiger partial charge is 0.00134 e. The van der Waals surface area contributed by atoms with E-state index in [1.165, 1.54) is 61.2 Å². The molecule has 0 unspecified atom stereocenters. The van der Waals surface area contributed by atoms with Crippen LogP contribution >= 0.6 is 0 Å². The fourth-order valence-corrected chi connectivity index (χ4v) is 5.20. The Kier molecular flexibility index (Phi) is 4.92. The number of hydrogen-bond acceptors (Lipinski definition) is 0. The van der Waals surface area contributed by atoms with E-state index in [1.807, 2.05) is 0 Å². The van der Waals surface area contributed by atoms with Crippen molar-refractivity contribution in [1.29, 1.82) is 0 Å². The second-order valence-electron chi connectivity index (χ2n) is 9.06. The molecular formula is C33H26. The first kappa shape index (κ1) is 19.8. The highest BCUT2D eigenvalue weighted by atomic mass is 14.2. The normalized spacial score (nSPS) is 11.8. The van der Waals surface area contributed by atoms with Crippen molar-refractivity contribution >= 4 is 0 Å². The molecule has 0 saturated heterocycles. The van der Waals surface area contributed by atoms with E-state index in [9.17, 15) is 0 Å². The quantitative estimate of drug-likeness (QED) is 0.267. The zero-order valence-electron chi connectivity index (χ0n) is 18.9. The summed E-state index contributed by atoms with van der Waals surface area (Å²) in [5.41, 5.74) is 14.9. The fraction of sp³-hybridized carbons (Fsp3) is 0.0909. The van der Waals surface area contributed by atoms with Gasteiger partial charge in [0.15, 0.2) is 0 Å². The average Bonchev–Trinajstić information content (AvgIpc) is 3.23. The lowest BCUT2D eigenvalue weighted by atomic mass is 9.90. The molecule has 0 amide bonds. The van der Waals surface area contributed by atoms with Crippen molar-refractivity contribution in [2.45, 2.75) is 19.8 Å².